The molecule has 0 amide bonds. The van der Waals surface area contributed by atoms with Crippen molar-refractivity contribution in [3.63, 3.8) is 0 Å². The van der Waals surface area contributed by atoms with Crippen molar-refractivity contribution in [2.45, 2.75) is 25.7 Å². The van der Waals surface area contributed by atoms with E-state index >= 15 is 0 Å². The molecule has 0 saturated heterocycles. The fraction of sp³-hybridized carbons (Fsp3) is 0.636. The molecule has 1 atom stereocenters. The Morgan fingerprint density at radius 1 is 1.19 bits per heavy atom. The average molecular weight is 226 g/mol. The maximum atomic E-state index is 5.16. The number of methoxy groups -OCH3 is 3. The molecule has 0 aliphatic heterocycles. The second-order valence-corrected chi connectivity index (χ2v) is 3.45. The van der Waals surface area contributed by atoms with E-state index in [1.807, 2.05) is 6.92 Å². The number of hydrogen-bond acceptors (Lipinski definition) is 5. The van der Waals surface area contributed by atoms with Crippen molar-refractivity contribution in [1.82, 2.24) is 9.97 Å². The molecule has 1 heterocycles. The summed E-state index contributed by atoms with van der Waals surface area (Å²) in [6, 6.07) is 1.78. The summed E-state index contributed by atoms with van der Waals surface area (Å²) in [6.45, 7) is 1.97. The summed E-state index contributed by atoms with van der Waals surface area (Å²) in [5.41, 5.74) is 0.721. The summed E-state index contributed by atoms with van der Waals surface area (Å²) in [4.78, 5) is 8.54. The van der Waals surface area contributed by atoms with Gasteiger partial charge < -0.3 is 14.2 Å². The first kappa shape index (κ1) is 13.0. The molecule has 0 saturated carbocycles. The van der Waals surface area contributed by atoms with Crippen LogP contribution in [0.5, 0.6) is 0 Å². The van der Waals surface area contributed by atoms with Gasteiger partial charge in [-0.05, 0) is 13.0 Å². The molecule has 0 fully saturated rings. The molecule has 5 nitrogen and oxygen atoms in total. The van der Waals surface area contributed by atoms with Gasteiger partial charge in [-0.1, -0.05) is 0 Å². The fourth-order valence-corrected chi connectivity index (χ4v) is 1.32. The van der Waals surface area contributed by atoms with Crippen molar-refractivity contribution in [2.75, 3.05) is 21.3 Å². The van der Waals surface area contributed by atoms with Gasteiger partial charge in [0.05, 0.1) is 11.8 Å². The van der Waals surface area contributed by atoms with Crippen molar-refractivity contribution in [1.29, 1.82) is 0 Å². The standard InChI is InChI=1S/C11H18N2O3/c1-8(14-2)7-10-12-6-5-9(13-10)11(15-3)16-4/h5-6,8,11H,7H2,1-4H3. The number of hydrogen-bond donors (Lipinski definition) is 0. The zero-order chi connectivity index (χ0) is 12.0. The molecule has 1 aromatic heterocycles. The molecule has 90 valence electrons. The molecular formula is C11H18N2O3. The number of ether oxygens (including phenoxy) is 3. The molecule has 0 aromatic carbocycles. The van der Waals surface area contributed by atoms with Crippen LogP contribution in [0.2, 0.25) is 0 Å². The van der Waals surface area contributed by atoms with Gasteiger partial charge in [0.1, 0.15) is 5.82 Å². The summed E-state index contributed by atoms with van der Waals surface area (Å²) in [5, 5.41) is 0. The van der Waals surface area contributed by atoms with Crippen molar-refractivity contribution in [3.8, 4) is 0 Å². The lowest BCUT2D eigenvalue weighted by atomic mass is 10.2. The van der Waals surface area contributed by atoms with Crippen LogP contribution >= 0.6 is 0 Å². The third-order valence-corrected chi connectivity index (χ3v) is 2.27. The smallest absolute Gasteiger partial charge is 0.200 e. The molecule has 16 heavy (non-hydrogen) atoms. The van der Waals surface area contributed by atoms with Gasteiger partial charge in [0, 0.05) is 33.9 Å². The first-order valence-corrected chi connectivity index (χ1v) is 5.11. The van der Waals surface area contributed by atoms with Crippen LogP contribution in [-0.4, -0.2) is 37.4 Å². The Morgan fingerprint density at radius 2 is 1.88 bits per heavy atom. The van der Waals surface area contributed by atoms with Crippen molar-refractivity contribution in [2.24, 2.45) is 0 Å². The quantitative estimate of drug-likeness (QED) is 0.685. The van der Waals surface area contributed by atoms with Crippen molar-refractivity contribution >= 4 is 0 Å². The van der Waals surface area contributed by atoms with Gasteiger partial charge in [-0.25, -0.2) is 9.97 Å². The van der Waals surface area contributed by atoms with E-state index in [1.54, 1.807) is 33.6 Å². The van der Waals surface area contributed by atoms with Gasteiger partial charge >= 0.3 is 0 Å². The van der Waals surface area contributed by atoms with Gasteiger partial charge in [0.2, 0.25) is 6.29 Å². The maximum absolute atomic E-state index is 5.16. The Hall–Kier alpha value is -1.04. The highest BCUT2D eigenvalue weighted by Crippen LogP contribution is 2.14. The van der Waals surface area contributed by atoms with E-state index in [2.05, 4.69) is 9.97 Å². The average Bonchev–Trinajstić information content (AvgIpc) is 2.31. The Bertz CT molecular complexity index is 316. The Kier molecular flexibility index (Phi) is 5.31. The van der Waals surface area contributed by atoms with Gasteiger partial charge in [-0.15, -0.1) is 0 Å². The molecule has 0 aliphatic rings. The maximum Gasteiger partial charge on any atom is 0.200 e. The molecular weight excluding hydrogens is 208 g/mol. The first-order valence-electron chi connectivity index (χ1n) is 5.11. The van der Waals surface area contributed by atoms with Gasteiger partial charge in [0.15, 0.2) is 0 Å². The summed E-state index contributed by atoms with van der Waals surface area (Å²) >= 11 is 0. The molecule has 5 heteroatoms. The molecule has 1 unspecified atom stereocenters. The third-order valence-electron chi connectivity index (χ3n) is 2.27. The van der Waals surface area contributed by atoms with Crippen LogP contribution in [0.3, 0.4) is 0 Å². The summed E-state index contributed by atoms with van der Waals surface area (Å²) in [7, 11) is 4.82. The molecule has 0 radical (unpaired) electrons. The fourth-order valence-electron chi connectivity index (χ4n) is 1.32. The Balaban J connectivity index is 2.77. The molecule has 0 spiro atoms. The monoisotopic (exact) mass is 226 g/mol. The normalized spacial score (nSPS) is 13.1. The Labute approximate surface area is 95.8 Å². The van der Waals surface area contributed by atoms with Crippen LogP contribution in [0, 0.1) is 0 Å². The first-order chi connectivity index (χ1) is 7.71. The summed E-state index contributed by atoms with van der Waals surface area (Å²) in [6.07, 6.45) is 2.02. The highest BCUT2D eigenvalue weighted by molar-refractivity contribution is 5.04. The lowest BCUT2D eigenvalue weighted by Gasteiger charge is -2.14. The van der Waals surface area contributed by atoms with Crippen LogP contribution in [0.25, 0.3) is 0 Å². The van der Waals surface area contributed by atoms with Crippen LogP contribution < -0.4 is 0 Å². The van der Waals surface area contributed by atoms with Crippen molar-refractivity contribution < 1.29 is 14.2 Å². The Morgan fingerprint density at radius 3 is 2.44 bits per heavy atom. The molecule has 1 rings (SSSR count). The topological polar surface area (TPSA) is 53.5 Å². The van der Waals surface area contributed by atoms with E-state index in [1.165, 1.54) is 0 Å². The largest absolute Gasteiger partial charge is 0.381 e. The summed E-state index contributed by atoms with van der Waals surface area (Å²) < 4.78 is 15.4. The lowest BCUT2D eigenvalue weighted by molar-refractivity contribution is -0.108. The highest BCUT2D eigenvalue weighted by Gasteiger charge is 2.12. The SMILES string of the molecule is COC(C)Cc1nccc(C(OC)OC)n1. The minimum atomic E-state index is -0.445. The second-order valence-electron chi connectivity index (χ2n) is 3.45. The van der Waals surface area contributed by atoms with Crippen LogP contribution in [-0.2, 0) is 20.6 Å². The number of aromatic nitrogens is 2. The van der Waals surface area contributed by atoms with E-state index in [9.17, 15) is 0 Å². The van der Waals surface area contributed by atoms with E-state index in [0.717, 1.165) is 11.5 Å². The molecule has 1 aromatic rings. The number of rotatable bonds is 6. The van der Waals surface area contributed by atoms with Crippen LogP contribution in [0.1, 0.15) is 24.7 Å². The molecule has 0 bridgehead atoms. The van der Waals surface area contributed by atoms with Gasteiger partial charge in [-0.2, -0.15) is 0 Å². The minimum Gasteiger partial charge on any atom is -0.381 e. The van der Waals surface area contributed by atoms with E-state index in [-0.39, 0.29) is 6.10 Å². The van der Waals surface area contributed by atoms with E-state index in [0.29, 0.717) is 6.42 Å². The second kappa shape index (κ2) is 6.52. The lowest BCUT2D eigenvalue weighted by Crippen LogP contribution is -2.14. The van der Waals surface area contributed by atoms with Gasteiger partial charge in [-0.3, -0.25) is 0 Å². The van der Waals surface area contributed by atoms with Crippen LogP contribution in [0.15, 0.2) is 12.3 Å². The zero-order valence-corrected chi connectivity index (χ0v) is 10.1. The molecule has 0 N–H and O–H groups in total. The van der Waals surface area contributed by atoms with E-state index in [4.69, 9.17) is 14.2 Å². The third kappa shape index (κ3) is 3.52. The predicted octanol–water partition coefficient (Wildman–Crippen LogP) is 1.35. The number of nitrogens with zero attached hydrogens (tertiary/aromatic N) is 2. The van der Waals surface area contributed by atoms with Gasteiger partial charge in [0.25, 0.3) is 0 Å². The van der Waals surface area contributed by atoms with E-state index < -0.39 is 6.29 Å². The summed E-state index contributed by atoms with van der Waals surface area (Å²) in [5.74, 6) is 0.728. The predicted molar refractivity (Wildman–Crippen MR) is 59.0 cm³/mol. The van der Waals surface area contributed by atoms with Crippen LogP contribution in [0.4, 0.5) is 0 Å². The highest BCUT2D eigenvalue weighted by atomic mass is 16.7. The molecule has 0 aliphatic carbocycles. The zero-order valence-electron chi connectivity index (χ0n) is 10.1. The minimum absolute atomic E-state index is 0.0961. The van der Waals surface area contributed by atoms with Crippen molar-refractivity contribution in [3.05, 3.63) is 23.8 Å².